The number of nitrogens with one attached hydrogen (secondary N) is 1. The van der Waals surface area contributed by atoms with E-state index in [0.29, 0.717) is 17.7 Å². The molecule has 0 radical (unpaired) electrons. The Kier molecular flexibility index (Phi) is 5.22. The first-order chi connectivity index (χ1) is 9.49. The van der Waals surface area contributed by atoms with Crippen LogP contribution >= 0.6 is 0 Å². The fourth-order valence-electron chi connectivity index (χ4n) is 3.21. The normalized spacial score (nSPS) is 17.1. The van der Waals surface area contributed by atoms with Crippen LogP contribution in [0, 0.1) is 5.92 Å². The molecule has 1 aliphatic carbocycles. The lowest BCUT2D eigenvalue weighted by Gasteiger charge is -2.24. The Bertz CT molecular complexity index is 514. The molecule has 1 N–H and O–H groups in total. The van der Waals surface area contributed by atoms with Crippen molar-refractivity contribution in [1.29, 1.82) is 0 Å². The fraction of sp³-hybridized carbons (Fsp3) is 0.625. The van der Waals surface area contributed by atoms with Crippen molar-refractivity contribution in [1.82, 2.24) is 5.32 Å². The van der Waals surface area contributed by atoms with E-state index in [1.54, 1.807) is 0 Å². The maximum atomic E-state index is 11.3. The highest BCUT2D eigenvalue weighted by molar-refractivity contribution is 7.90. The Morgan fingerprint density at radius 1 is 1.25 bits per heavy atom. The van der Waals surface area contributed by atoms with Gasteiger partial charge < -0.3 is 5.32 Å². The summed E-state index contributed by atoms with van der Waals surface area (Å²) in [5, 5.41) is 3.55. The van der Waals surface area contributed by atoms with Gasteiger partial charge in [0.15, 0.2) is 0 Å². The summed E-state index contributed by atoms with van der Waals surface area (Å²) in [5.41, 5.74) is 2.92. The Hall–Kier alpha value is -0.870. The monoisotopic (exact) mass is 295 g/mol. The van der Waals surface area contributed by atoms with Gasteiger partial charge in [-0.2, -0.15) is 0 Å². The Morgan fingerprint density at radius 3 is 2.35 bits per heavy atom. The van der Waals surface area contributed by atoms with Crippen LogP contribution in [0.4, 0.5) is 0 Å². The molecule has 0 aliphatic heterocycles. The summed E-state index contributed by atoms with van der Waals surface area (Å²) in [5.74, 6) is 0.904. The summed E-state index contributed by atoms with van der Waals surface area (Å²) in [6.45, 7) is 3.06. The Morgan fingerprint density at radius 2 is 1.85 bits per heavy atom. The number of benzene rings is 1. The Labute approximate surface area is 122 Å². The van der Waals surface area contributed by atoms with Gasteiger partial charge >= 0.3 is 0 Å². The number of hydrogen-bond acceptors (Lipinski definition) is 3. The van der Waals surface area contributed by atoms with Gasteiger partial charge in [0.25, 0.3) is 0 Å². The minimum absolute atomic E-state index is 0.300. The molecule has 20 heavy (non-hydrogen) atoms. The summed E-state index contributed by atoms with van der Waals surface area (Å²) in [6.07, 6.45) is 5.25. The highest BCUT2D eigenvalue weighted by Gasteiger charge is 2.27. The minimum Gasteiger partial charge on any atom is -0.314 e. The van der Waals surface area contributed by atoms with Gasteiger partial charge in [0.1, 0.15) is 9.84 Å². The number of sulfone groups is 1. The van der Waals surface area contributed by atoms with Crippen LogP contribution < -0.4 is 5.32 Å². The van der Waals surface area contributed by atoms with Crippen LogP contribution in [0.25, 0.3) is 0 Å². The van der Waals surface area contributed by atoms with E-state index in [0.717, 1.165) is 32.2 Å². The third-order valence-electron chi connectivity index (χ3n) is 4.15. The molecule has 0 amide bonds. The molecule has 0 fully saturated rings. The predicted octanol–water partition coefficient (Wildman–Crippen LogP) is 2.20. The third kappa shape index (κ3) is 4.32. The van der Waals surface area contributed by atoms with Crippen molar-refractivity contribution in [2.45, 2.75) is 38.6 Å². The summed E-state index contributed by atoms with van der Waals surface area (Å²) in [7, 11) is -2.84. The molecule has 0 aromatic heterocycles. The zero-order valence-electron chi connectivity index (χ0n) is 12.4. The second kappa shape index (κ2) is 6.72. The highest BCUT2D eigenvalue weighted by atomic mass is 32.2. The molecule has 1 atom stereocenters. The van der Waals surface area contributed by atoms with Crippen molar-refractivity contribution < 1.29 is 8.42 Å². The van der Waals surface area contributed by atoms with E-state index in [1.165, 1.54) is 17.4 Å². The number of rotatable bonds is 7. The van der Waals surface area contributed by atoms with E-state index in [2.05, 4.69) is 36.5 Å². The molecule has 0 saturated heterocycles. The second-order valence-electron chi connectivity index (χ2n) is 5.87. The summed E-state index contributed by atoms with van der Waals surface area (Å²) >= 11 is 0. The van der Waals surface area contributed by atoms with E-state index in [-0.39, 0.29) is 0 Å². The maximum absolute atomic E-state index is 11.3. The van der Waals surface area contributed by atoms with E-state index in [4.69, 9.17) is 0 Å². The first-order valence-corrected chi connectivity index (χ1v) is 9.53. The van der Waals surface area contributed by atoms with Crippen LogP contribution in [0.15, 0.2) is 24.3 Å². The molecule has 1 aromatic carbocycles. The number of hydrogen-bond donors (Lipinski definition) is 1. The average molecular weight is 295 g/mol. The van der Waals surface area contributed by atoms with Crippen molar-refractivity contribution in [2.24, 2.45) is 5.92 Å². The zero-order valence-corrected chi connectivity index (χ0v) is 13.2. The van der Waals surface area contributed by atoms with Gasteiger partial charge in [0, 0.05) is 18.1 Å². The molecular weight excluding hydrogens is 270 g/mol. The average Bonchev–Trinajstić information content (AvgIpc) is 2.80. The third-order valence-corrected chi connectivity index (χ3v) is 5.18. The van der Waals surface area contributed by atoms with Gasteiger partial charge in [-0.25, -0.2) is 8.42 Å². The van der Waals surface area contributed by atoms with Crippen LogP contribution in [0.5, 0.6) is 0 Å². The second-order valence-corrected chi connectivity index (χ2v) is 8.13. The van der Waals surface area contributed by atoms with E-state index in [9.17, 15) is 8.42 Å². The summed E-state index contributed by atoms with van der Waals surface area (Å²) in [6, 6.07) is 9.07. The van der Waals surface area contributed by atoms with Gasteiger partial charge in [-0.1, -0.05) is 31.2 Å². The van der Waals surface area contributed by atoms with Gasteiger partial charge in [0.2, 0.25) is 0 Å². The fourth-order valence-corrected chi connectivity index (χ4v) is 3.90. The lowest BCUT2D eigenvalue weighted by molar-refractivity contribution is 0.348. The van der Waals surface area contributed by atoms with E-state index >= 15 is 0 Å². The molecule has 0 heterocycles. The summed E-state index contributed by atoms with van der Waals surface area (Å²) < 4.78 is 22.5. The quantitative estimate of drug-likeness (QED) is 0.839. The smallest absolute Gasteiger partial charge is 0.147 e. The first-order valence-electron chi connectivity index (χ1n) is 7.47. The van der Waals surface area contributed by atoms with Crippen molar-refractivity contribution in [3.05, 3.63) is 35.4 Å². The Balaban J connectivity index is 1.93. The predicted molar refractivity (Wildman–Crippen MR) is 83.7 cm³/mol. The van der Waals surface area contributed by atoms with Crippen LogP contribution in [0.1, 0.15) is 30.9 Å². The molecule has 0 saturated carbocycles. The molecule has 1 unspecified atom stereocenters. The van der Waals surface area contributed by atoms with Crippen LogP contribution in [-0.4, -0.2) is 33.0 Å². The van der Waals surface area contributed by atoms with Crippen molar-refractivity contribution >= 4 is 9.84 Å². The van der Waals surface area contributed by atoms with Crippen LogP contribution in [0.2, 0.25) is 0 Å². The highest BCUT2D eigenvalue weighted by Crippen LogP contribution is 2.30. The number of fused-ring (bicyclic) bond motifs is 1. The zero-order chi connectivity index (χ0) is 14.6. The van der Waals surface area contributed by atoms with Crippen molar-refractivity contribution in [2.75, 3.05) is 18.6 Å². The molecule has 0 spiro atoms. The topological polar surface area (TPSA) is 46.2 Å². The van der Waals surface area contributed by atoms with Gasteiger partial charge in [0.05, 0.1) is 0 Å². The van der Waals surface area contributed by atoms with Crippen molar-refractivity contribution in [3.63, 3.8) is 0 Å². The SMILES string of the molecule is CCNC(CCCS(C)(=O)=O)C1Cc2ccccc2C1. The largest absolute Gasteiger partial charge is 0.314 e. The van der Waals surface area contributed by atoms with Gasteiger partial charge in [-0.3, -0.25) is 0 Å². The van der Waals surface area contributed by atoms with Gasteiger partial charge in [-0.15, -0.1) is 0 Å². The molecule has 1 aliphatic rings. The van der Waals surface area contributed by atoms with Crippen LogP contribution in [-0.2, 0) is 22.7 Å². The standard InChI is InChI=1S/C16H25NO2S/c1-3-17-16(9-6-10-20(2,18)19)15-11-13-7-4-5-8-14(13)12-15/h4-5,7-8,15-17H,3,6,9-12H2,1-2H3. The maximum Gasteiger partial charge on any atom is 0.147 e. The van der Waals surface area contributed by atoms with E-state index in [1.807, 2.05) is 0 Å². The molecule has 112 valence electrons. The lowest BCUT2D eigenvalue weighted by Crippen LogP contribution is -2.37. The van der Waals surface area contributed by atoms with Crippen LogP contribution in [0.3, 0.4) is 0 Å². The molecule has 0 bridgehead atoms. The molecule has 3 nitrogen and oxygen atoms in total. The first kappa shape index (κ1) is 15.5. The molecule has 2 rings (SSSR count). The summed E-state index contributed by atoms with van der Waals surface area (Å²) in [4.78, 5) is 0. The molecular formula is C16H25NO2S. The minimum atomic E-state index is -2.84. The lowest BCUT2D eigenvalue weighted by atomic mass is 9.93. The molecule has 4 heteroatoms. The van der Waals surface area contributed by atoms with E-state index < -0.39 is 9.84 Å². The van der Waals surface area contributed by atoms with Gasteiger partial charge in [-0.05, 0) is 49.3 Å². The molecule has 1 aromatic rings. The van der Waals surface area contributed by atoms with Crippen molar-refractivity contribution in [3.8, 4) is 0 Å².